The van der Waals surface area contributed by atoms with Crippen LogP contribution in [0.3, 0.4) is 0 Å². The van der Waals surface area contributed by atoms with Gasteiger partial charge in [-0.05, 0) is 29.5 Å². The lowest BCUT2D eigenvalue weighted by molar-refractivity contribution is -0.129. The third-order valence-corrected chi connectivity index (χ3v) is 6.19. The molecule has 25 heavy (non-hydrogen) atoms. The van der Waals surface area contributed by atoms with Crippen molar-refractivity contribution in [1.29, 1.82) is 0 Å². The Bertz CT molecular complexity index is 755. The molecule has 1 aromatic rings. The van der Waals surface area contributed by atoms with Crippen LogP contribution < -0.4 is 5.32 Å². The molecular weight excluding hydrogens is 384 g/mol. The minimum Gasteiger partial charge on any atom is -0.390 e. The van der Waals surface area contributed by atoms with Gasteiger partial charge in [-0.2, -0.15) is 11.8 Å². The summed E-state index contributed by atoms with van der Waals surface area (Å²) in [5.74, 6) is 0.188. The van der Waals surface area contributed by atoms with Crippen molar-refractivity contribution in [1.82, 2.24) is 10.2 Å². The van der Waals surface area contributed by atoms with Gasteiger partial charge in [0.25, 0.3) is 11.1 Å². The number of rotatable bonds is 4. The molecule has 3 rings (SSSR count). The van der Waals surface area contributed by atoms with E-state index in [4.69, 9.17) is 11.6 Å². The zero-order chi connectivity index (χ0) is 18.0. The van der Waals surface area contributed by atoms with Crippen molar-refractivity contribution < 1.29 is 19.5 Å². The van der Waals surface area contributed by atoms with Crippen molar-refractivity contribution in [2.45, 2.75) is 12.1 Å². The molecule has 2 aliphatic rings. The van der Waals surface area contributed by atoms with E-state index < -0.39 is 23.2 Å². The molecule has 2 fully saturated rings. The molecular formula is C16H15ClN2O4S2. The second kappa shape index (κ2) is 7.82. The van der Waals surface area contributed by atoms with Gasteiger partial charge in [-0.1, -0.05) is 29.8 Å². The summed E-state index contributed by atoms with van der Waals surface area (Å²) in [4.78, 5) is 37.7. The molecule has 2 N–H and O–H groups in total. The average Bonchev–Trinajstić information content (AvgIpc) is 3.08. The molecule has 3 amide bonds. The second-order valence-corrected chi connectivity index (χ2v) is 8.04. The Morgan fingerprint density at radius 2 is 2.12 bits per heavy atom. The van der Waals surface area contributed by atoms with Crippen LogP contribution in [0.2, 0.25) is 5.02 Å². The zero-order valence-electron chi connectivity index (χ0n) is 13.0. The molecule has 1 aromatic carbocycles. The fourth-order valence-electron chi connectivity index (χ4n) is 2.45. The maximum absolute atomic E-state index is 12.4. The van der Waals surface area contributed by atoms with Gasteiger partial charge in [-0.25, -0.2) is 0 Å². The molecule has 0 saturated carbocycles. The SMILES string of the molecule is O=C(CN1C(=O)S/C(=C/c2ccccc2Cl)C1=O)N[C@@H]1CSC[C@H]1O. The van der Waals surface area contributed by atoms with Crippen LogP contribution in [0.25, 0.3) is 6.08 Å². The Labute approximate surface area is 158 Å². The van der Waals surface area contributed by atoms with Crippen LogP contribution in [0, 0.1) is 0 Å². The lowest BCUT2D eigenvalue weighted by Crippen LogP contribution is -2.47. The minimum absolute atomic E-state index is 0.224. The normalized spacial score (nSPS) is 25.0. The van der Waals surface area contributed by atoms with Crippen LogP contribution in [0.15, 0.2) is 29.2 Å². The summed E-state index contributed by atoms with van der Waals surface area (Å²) < 4.78 is 0. The number of aliphatic hydroxyl groups excluding tert-OH is 1. The first-order valence-corrected chi connectivity index (χ1v) is 9.85. The van der Waals surface area contributed by atoms with Gasteiger partial charge >= 0.3 is 0 Å². The number of halogens is 1. The van der Waals surface area contributed by atoms with Crippen LogP contribution in [-0.4, -0.2) is 57.3 Å². The number of benzene rings is 1. The quantitative estimate of drug-likeness (QED) is 0.754. The van der Waals surface area contributed by atoms with E-state index in [-0.39, 0.29) is 17.5 Å². The highest BCUT2D eigenvalue weighted by atomic mass is 35.5. The number of thioether (sulfide) groups is 2. The number of amides is 3. The Morgan fingerprint density at radius 3 is 2.80 bits per heavy atom. The molecule has 0 aromatic heterocycles. The smallest absolute Gasteiger partial charge is 0.294 e. The number of imide groups is 1. The van der Waals surface area contributed by atoms with Gasteiger partial charge in [-0.15, -0.1) is 0 Å². The van der Waals surface area contributed by atoms with Gasteiger partial charge in [0.2, 0.25) is 5.91 Å². The second-order valence-electron chi connectivity index (χ2n) is 5.57. The molecule has 0 aliphatic carbocycles. The van der Waals surface area contributed by atoms with E-state index >= 15 is 0 Å². The van der Waals surface area contributed by atoms with Crippen molar-refractivity contribution in [3.8, 4) is 0 Å². The first-order valence-electron chi connectivity index (χ1n) is 7.51. The van der Waals surface area contributed by atoms with Crippen molar-refractivity contribution in [2.75, 3.05) is 18.1 Å². The Kier molecular flexibility index (Phi) is 5.73. The number of nitrogens with zero attached hydrogens (tertiary/aromatic N) is 1. The van der Waals surface area contributed by atoms with Crippen LogP contribution in [-0.2, 0) is 9.59 Å². The Hall–Kier alpha value is -1.48. The molecule has 2 heterocycles. The number of carbonyl (C=O) groups excluding carboxylic acids is 3. The molecule has 9 heteroatoms. The number of hydrogen-bond acceptors (Lipinski definition) is 6. The summed E-state index contributed by atoms with van der Waals surface area (Å²) in [5, 5.41) is 12.4. The summed E-state index contributed by atoms with van der Waals surface area (Å²) in [6.07, 6.45) is 0.937. The lowest BCUT2D eigenvalue weighted by atomic mass is 10.2. The largest absolute Gasteiger partial charge is 0.390 e. The highest BCUT2D eigenvalue weighted by Crippen LogP contribution is 2.33. The number of hydrogen-bond donors (Lipinski definition) is 2. The van der Waals surface area contributed by atoms with Crippen LogP contribution in [0.1, 0.15) is 5.56 Å². The van der Waals surface area contributed by atoms with E-state index in [1.807, 2.05) is 0 Å². The first kappa shape index (κ1) is 18.3. The molecule has 0 radical (unpaired) electrons. The van der Waals surface area contributed by atoms with Gasteiger partial charge in [0, 0.05) is 16.5 Å². The van der Waals surface area contributed by atoms with E-state index in [2.05, 4.69) is 5.32 Å². The minimum atomic E-state index is -0.607. The van der Waals surface area contributed by atoms with E-state index in [1.54, 1.807) is 42.1 Å². The van der Waals surface area contributed by atoms with Crippen molar-refractivity contribution in [3.05, 3.63) is 39.8 Å². The van der Waals surface area contributed by atoms with Crippen LogP contribution in [0.4, 0.5) is 4.79 Å². The van der Waals surface area contributed by atoms with Crippen LogP contribution in [0.5, 0.6) is 0 Å². The van der Waals surface area contributed by atoms with Gasteiger partial charge in [0.05, 0.1) is 17.1 Å². The predicted molar refractivity (Wildman–Crippen MR) is 99.4 cm³/mol. The lowest BCUT2D eigenvalue weighted by Gasteiger charge is -2.18. The standard InChI is InChI=1S/C16H15ClN2O4S2/c17-10-4-2-1-3-9(10)5-13-15(22)19(16(23)25-13)6-14(21)18-11-7-24-8-12(11)20/h1-5,11-12,20H,6-8H2,(H,18,21)/b13-5+/t11-,12-/m1/s1. The molecule has 6 nitrogen and oxygen atoms in total. The van der Waals surface area contributed by atoms with E-state index in [0.717, 1.165) is 16.7 Å². The monoisotopic (exact) mass is 398 g/mol. The molecule has 0 spiro atoms. The van der Waals surface area contributed by atoms with E-state index in [1.165, 1.54) is 0 Å². The predicted octanol–water partition coefficient (Wildman–Crippen LogP) is 1.97. The van der Waals surface area contributed by atoms with Crippen molar-refractivity contribution >= 4 is 58.3 Å². The number of nitrogens with one attached hydrogen (secondary N) is 1. The van der Waals surface area contributed by atoms with E-state index in [0.29, 0.717) is 22.1 Å². The Balaban J connectivity index is 1.67. The van der Waals surface area contributed by atoms with Gasteiger partial charge < -0.3 is 10.4 Å². The summed E-state index contributed by atoms with van der Waals surface area (Å²) in [6, 6.07) is 6.63. The van der Waals surface area contributed by atoms with E-state index in [9.17, 15) is 19.5 Å². The highest BCUT2D eigenvalue weighted by molar-refractivity contribution is 8.18. The van der Waals surface area contributed by atoms with Gasteiger partial charge in [0.1, 0.15) is 6.54 Å². The summed E-state index contributed by atoms with van der Waals surface area (Å²) in [7, 11) is 0. The summed E-state index contributed by atoms with van der Waals surface area (Å²) in [6.45, 7) is -0.363. The summed E-state index contributed by atoms with van der Waals surface area (Å²) in [5.41, 5.74) is 0.630. The fraction of sp³-hybridized carbons (Fsp3) is 0.312. The number of carbonyl (C=O) groups is 3. The van der Waals surface area contributed by atoms with Crippen molar-refractivity contribution in [2.24, 2.45) is 0 Å². The fourth-order valence-corrected chi connectivity index (χ4v) is 4.64. The van der Waals surface area contributed by atoms with Gasteiger partial charge in [0.15, 0.2) is 0 Å². The number of aliphatic hydroxyl groups is 1. The summed E-state index contributed by atoms with van der Waals surface area (Å²) >= 11 is 8.38. The molecule has 2 atom stereocenters. The third kappa shape index (κ3) is 4.20. The highest BCUT2D eigenvalue weighted by Gasteiger charge is 2.37. The zero-order valence-corrected chi connectivity index (χ0v) is 15.4. The maximum Gasteiger partial charge on any atom is 0.294 e. The van der Waals surface area contributed by atoms with Gasteiger partial charge in [-0.3, -0.25) is 19.3 Å². The van der Waals surface area contributed by atoms with Crippen LogP contribution >= 0.6 is 35.1 Å². The molecule has 132 valence electrons. The molecule has 2 saturated heterocycles. The average molecular weight is 399 g/mol. The maximum atomic E-state index is 12.4. The Morgan fingerprint density at radius 1 is 1.36 bits per heavy atom. The van der Waals surface area contributed by atoms with Crippen molar-refractivity contribution in [3.63, 3.8) is 0 Å². The topological polar surface area (TPSA) is 86.7 Å². The first-order chi connectivity index (χ1) is 12.0. The third-order valence-electron chi connectivity index (χ3n) is 3.76. The molecule has 2 aliphatic heterocycles. The molecule has 0 unspecified atom stereocenters. The molecule has 0 bridgehead atoms.